The van der Waals surface area contributed by atoms with Crippen molar-refractivity contribution < 1.29 is 19.4 Å². The van der Waals surface area contributed by atoms with Gasteiger partial charge in [-0.05, 0) is 46.0 Å². The Balaban J connectivity index is 3.69. The second-order valence-electron chi connectivity index (χ2n) is 7.38. The van der Waals surface area contributed by atoms with E-state index in [1.807, 2.05) is 13.8 Å². The van der Waals surface area contributed by atoms with Gasteiger partial charge in [-0.25, -0.2) is 4.79 Å². The third-order valence-corrected chi connectivity index (χ3v) is 4.55. The summed E-state index contributed by atoms with van der Waals surface area (Å²) in [5.41, 5.74) is 0. The highest BCUT2D eigenvalue weighted by Crippen LogP contribution is 2.16. The van der Waals surface area contributed by atoms with Gasteiger partial charge in [-0.3, -0.25) is 0 Å². The van der Waals surface area contributed by atoms with E-state index in [0.717, 1.165) is 19.3 Å². The van der Waals surface area contributed by atoms with Crippen molar-refractivity contribution in [3.63, 3.8) is 0 Å². The predicted octanol–water partition coefficient (Wildman–Crippen LogP) is 6.14. The molecule has 0 heterocycles. The number of methoxy groups -OCH3 is 1. The number of hydrogen-bond acceptors (Lipinski definition) is 3. The van der Waals surface area contributed by atoms with E-state index in [1.165, 1.54) is 57.8 Å². The Kier molecular flexibility index (Phi) is 17.0. The number of ether oxygens (including phenoxy) is 2. The molecule has 2 unspecified atom stereocenters. The van der Waals surface area contributed by atoms with Crippen molar-refractivity contribution in [3.05, 3.63) is 12.2 Å². The van der Waals surface area contributed by atoms with E-state index in [1.54, 1.807) is 7.11 Å². The molecule has 0 aromatic carbocycles. The van der Waals surface area contributed by atoms with Crippen LogP contribution in [0.3, 0.4) is 0 Å². The molecule has 0 spiro atoms. The lowest BCUT2D eigenvalue weighted by Gasteiger charge is -2.24. The predicted molar refractivity (Wildman–Crippen MR) is 109 cm³/mol. The number of carboxylic acids is 1. The summed E-state index contributed by atoms with van der Waals surface area (Å²) in [4.78, 5) is 11.4. The molecule has 0 aromatic rings. The first kappa shape index (κ1) is 25.1. The molecule has 0 aliphatic rings. The number of unbranched alkanes of at least 4 members (excludes halogenated alkanes) is 9. The van der Waals surface area contributed by atoms with Gasteiger partial charge in [-0.1, -0.05) is 64.0 Å². The quantitative estimate of drug-likeness (QED) is 0.233. The first-order valence-corrected chi connectivity index (χ1v) is 10.6. The van der Waals surface area contributed by atoms with Gasteiger partial charge in [-0.15, -0.1) is 0 Å². The highest BCUT2D eigenvalue weighted by Gasteiger charge is 2.29. The van der Waals surface area contributed by atoms with Gasteiger partial charge in [0.25, 0.3) is 0 Å². The molecule has 0 radical (unpaired) electrons. The van der Waals surface area contributed by atoms with Crippen LogP contribution in [0.1, 0.15) is 97.8 Å². The van der Waals surface area contributed by atoms with Crippen molar-refractivity contribution in [2.75, 3.05) is 7.11 Å². The average molecular weight is 371 g/mol. The second kappa shape index (κ2) is 17.5. The maximum Gasteiger partial charge on any atom is 0.335 e. The van der Waals surface area contributed by atoms with E-state index in [-0.39, 0.29) is 12.2 Å². The topological polar surface area (TPSA) is 55.8 Å². The van der Waals surface area contributed by atoms with E-state index in [2.05, 4.69) is 19.1 Å². The van der Waals surface area contributed by atoms with Gasteiger partial charge in [0.05, 0.1) is 12.2 Å². The molecule has 154 valence electrons. The minimum Gasteiger partial charge on any atom is -0.479 e. The molecule has 0 saturated carbocycles. The van der Waals surface area contributed by atoms with Crippen LogP contribution >= 0.6 is 0 Å². The fourth-order valence-corrected chi connectivity index (χ4v) is 3.05. The summed E-state index contributed by atoms with van der Waals surface area (Å²) < 4.78 is 10.9. The zero-order valence-electron chi connectivity index (χ0n) is 17.5. The molecule has 0 aromatic heterocycles. The number of aliphatic carboxylic acids is 1. The zero-order valence-corrected chi connectivity index (χ0v) is 17.5. The number of carbonyl (C=O) groups is 1. The number of allylic oxidation sites excluding steroid dienone is 2. The fourth-order valence-electron chi connectivity index (χ4n) is 3.05. The Hall–Kier alpha value is -0.870. The Morgan fingerprint density at radius 3 is 1.96 bits per heavy atom. The van der Waals surface area contributed by atoms with Crippen molar-refractivity contribution >= 4 is 5.97 Å². The van der Waals surface area contributed by atoms with Crippen LogP contribution in [-0.2, 0) is 14.3 Å². The van der Waals surface area contributed by atoms with E-state index < -0.39 is 12.1 Å². The van der Waals surface area contributed by atoms with E-state index in [0.29, 0.717) is 0 Å². The largest absolute Gasteiger partial charge is 0.479 e. The van der Waals surface area contributed by atoms with Gasteiger partial charge in [-0.2, -0.15) is 0 Å². The van der Waals surface area contributed by atoms with Gasteiger partial charge in [0.15, 0.2) is 6.10 Å². The molecule has 0 fully saturated rings. The average Bonchev–Trinajstić information content (AvgIpc) is 2.60. The van der Waals surface area contributed by atoms with E-state index >= 15 is 0 Å². The van der Waals surface area contributed by atoms with Crippen LogP contribution in [0.4, 0.5) is 0 Å². The molecule has 2 atom stereocenters. The third-order valence-electron chi connectivity index (χ3n) is 4.55. The lowest BCUT2D eigenvalue weighted by atomic mass is 10.0. The van der Waals surface area contributed by atoms with Crippen LogP contribution < -0.4 is 0 Å². The SMILES string of the molecule is CCCCCC=CCCCCCCCCC(OC)C(OC(C)C)C(=O)O. The smallest absolute Gasteiger partial charge is 0.335 e. The Labute approximate surface area is 161 Å². The highest BCUT2D eigenvalue weighted by molar-refractivity contribution is 5.73. The molecule has 0 aliphatic heterocycles. The van der Waals surface area contributed by atoms with Crippen LogP contribution in [0.25, 0.3) is 0 Å². The monoisotopic (exact) mass is 370 g/mol. The first-order chi connectivity index (χ1) is 12.5. The molecule has 0 saturated heterocycles. The van der Waals surface area contributed by atoms with Crippen molar-refractivity contribution in [2.24, 2.45) is 0 Å². The van der Waals surface area contributed by atoms with Crippen LogP contribution in [0, 0.1) is 0 Å². The maximum absolute atomic E-state index is 11.4. The molecule has 0 amide bonds. The summed E-state index contributed by atoms with van der Waals surface area (Å²) in [5.74, 6) is -0.937. The molecule has 0 rings (SSSR count). The van der Waals surface area contributed by atoms with Crippen LogP contribution in [0.2, 0.25) is 0 Å². The standard InChI is InChI=1S/C22H42O4/c1-5-6-7-8-9-10-11-12-13-14-15-16-17-18-20(25-4)21(22(23)24)26-19(2)3/h9-10,19-21H,5-8,11-18H2,1-4H3,(H,23,24). The van der Waals surface area contributed by atoms with E-state index in [4.69, 9.17) is 9.47 Å². The van der Waals surface area contributed by atoms with Crippen molar-refractivity contribution in [2.45, 2.75) is 116 Å². The molecule has 1 N–H and O–H groups in total. The van der Waals surface area contributed by atoms with Gasteiger partial charge in [0.2, 0.25) is 0 Å². The van der Waals surface area contributed by atoms with Gasteiger partial charge >= 0.3 is 5.97 Å². The van der Waals surface area contributed by atoms with Crippen LogP contribution in [-0.4, -0.2) is 36.5 Å². The third kappa shape index (κ3) is 14.3. The molecule has 0 bridgehead atoms. The van der Waals surface area contributed by atoms with Crippen molar-refractivity contribution in [3.8, 4) is 0 Å². The minimum atomic E-state index is -0.937. The molecule has 26 heavy (non-hydrogen) atoms. The normalized spacial score (nSPS) is 14.2. The number of rotatable bonds is 18. The first-order valence-electron chi connectivity index (χ1n) is 10.6. The summed E-state index contributed by atoms with van der Waals surface area (Å²) in [5, 5.41) is 9.32. The number of carboxylic acid groups (broad SMARTS) is 1. The summed E-state index contributed by atoms with van der Waals surface area (Å²) in [6.07, 6.45) is 17.6. The van der Waals surface area contributed by atoms with Crippen molar-refractivity contribution in [1.82, 2.24) is 0 Å². The summed E-state index contributed by atoms with van der Waals surface area (Å²) in [6.45, 7) is 5.94. The summed E-state index contributed by atoms with van der Waals surface area (Å²) >= 11 is 0. The fraction of sp³-hybridized carbons (Fsp3) is 0.864. The van der Waals surface area contributed by atoms with Crippen molar-refractivity contribution in [1.29, 1.82) is 0 Å². The Morgan fingerprint density at radius 1 is 0.923 bits per heavy atom. The molecule has 4 heteroatoms. The summed E-state index contributed by atoms with van der Waals surface area (Å²) in [6, 6.07) is 0. The highest BCUT2D eigenvalue weighted by atomic mass is 16.6. The van der Waals surface area contributed by atoms with Gasteiger partial charge in [0, 0.05) is 7.11 Å². The maximum atomic E-state index is 11.4. The molecule has 4 nitrogen and oxygen atoms in total. The second-order valence-corrected chi connectivity index (χ2v) is 7.38. The molecular weight excluding hydrogens is 328 g/mol. The lowest BCUT2D eigenvalue weighted by molar-refractivity contribution is -0.165. The number of hydrogen-bond donors (Lipinski definition) is 1. The molecule has 0 aliphatic carbocycles. The van der Waals surface area contributed by atoms with E-state index in [9.17, 15) is 9.90 Å². The Bertz CT molecular complexity index is 352. The zero-order chi connectivity index (χ0) is 19.6. The molecular formula is C22H42O4. The summed E-state index contributed by atoms with van der Waals surface area (Å²) in [7, 11) is 1.57. The van der Waals surface area contributed by atoms with Gasteiger partial charge in [0.1, 0.15) is 0 Å². The minimum absolute atomic E-state index is 0.116. The van der Waals surface area contributed by atoms with Gasteiger partial charge < -0.3 is 14.6 Å². The van der Waals surface area contributed by atoms with Crippen LogP contribution in [0.5, 0.6) is 0 Å². The Morgan fingerprint density at radius 2 is 1.46 bits per heavy atom. The van der Waals surface area contributed by atoms with Crippen LogP contribution in [0.15, 0.2) is 12.2 Å². The lowest BCUT2D eigenvalue weighted by Crippen LogP contribution is -2.39.